The van der Waals surface area contributed by atoms with Gasteiger partial charge in [-0.2, -0.15) is 13.4 Å². The maximum Gasteiger partial charge on any atom is 0.340 e. The number of fused-ring (bicyclic) bond motifs is 1. The van der Waals surface area contributed by atoms with Crippen molar-refractivity contribution in [2.75, 3.05) is 11.8 Å². The van der Waals surface area contributed by atoms with Crippen LogP contribution in [0.4, 0.5) is 5.69 Å². The zero-order valence-electron chi connectivity index (χ0n) is 13.7. The highest BCUT2D eigenvalue weighted by Gasteiger charge is 2.25. The van der Waals surface area contributed by atoms with Gasteiger partial charge in [0.2, 0.25) is 0 Å². The van der Waals surface area contributed by atoms with Crippen LogP contribution in [-0.4, -0.2) is 41.1 Å². The quantitative estimate of drug-likeness (QED) is 0.697. The van der Waals surface area contributed by atoms with E-state index < -0.39 is 21.1 Å². The molecular formula is C15H15N5O4S. The molecule has 0 bridgehead atoms. The number of hydrogen-bond acceptors (Lipinski definition) is 7. The second-order valence-electron chi connectivity index (χ2n) is 5.30. The van der Waals surface area contributed by atoms with Gasteiger partial charge in [-0.25, -0.2) is 14.3 Å². The Balaban J connectivity index is 2.05. The van der Waals surface area contributed by atoms with E-state index in [1.807, 2.05) is 0 Å². The van der Waals surface area contributed by atoms with E-state index >= 15 is 0 Å². The molecule has 0 fully saturated rings. The van der Waals surface area contributed by atoms with Gasteiger partial charge in [0, 0.05) is 11.9 Å². The molecule has 3 rings (SSSR count). The van der Waals surface area contributed by atoms with E-state index in [1.54, 1.807) is 38.2 Å². The third-order valence-electron chi connectivity index (χ3n) is 3.48. The molecule has 0 unspecified atom stereocenters. The number of carbonyl (C=O) groups is 1. The number of ether oxygens (including phenoxy) is 1. The van der Waals surface area contributed by atoms with Crippen molar-refractivity contribution < 1.29 is 17.9 Å². The molecule has 25 heavy (non-hydrogen) atoms. The zero-order chi connectivity index (χ0) is 18.2. The first-order chi connectivity index (χ1) is 11.8. The van der Waals surface area contributed by atoms with E-state index in [2.05, 4.69) is 19.8 Å². The predicted octanol–water partition coefficient (Wildman–Crippen LogP) is 1.33. The van der Waals surface area contributed by atoms with Gasteiger partial charge in [-0.15, -0.1) is 5.10 Å². The lowest BCUT2D eigenvalue weighted by Gasteiger charge is -2.12. The van der Waals surface area contributed by atoms with Gasteiger partial charge in [0.15, 0.2) is 0 Å². The van der Waals surface area contributed by atoms with Crippen LogP contribution in [0.5, 0.6) is 0 Å². The van der Waals surface area contributed by atoms with E-state index in [1.165, 1.54) is 17.7 Å². The van der Waals surface area contributed by atoms with Gasteiger partial charge in [0.05, 0.1) is 18.4 Å². The van der Waals surface area contributed by atoms with Crippen molar-refractivity contribution >= 4 is 27.5 Å². The van der Waals surface area contributed by atoms with E-state index in [0.717, 1.165) is 0 Å². The van der Waals surface area contributed by atoms with Gasteiger partial charge >= 0.3 is 5.97 Å². The maximum atomic E-state index is 12.6. The highest BCUT2D eigenvalue weighted by Crippen LogP contribution is 2.24. The molecule has 2 heterocycles. The largest absolute Gasteiger partial charge is 0.465 e. The summed E-state index contributed by atoms with van der Waals surface area (Å²) in [5, 5.41) is 3.48. The van der Waals surface area contributed by atoms with E-state index in [0.29, 0.717) is 11.3 Å². The van der Waals surface area contributed by atoms with Gasteiger partial charge in [-0.05, 0) is 31.5 Å². The monoisotopic (exact) mass is 361 g/mol. The Morgan fingerprint density at radius 3 is 2.68 bits per heavy atom. The van der Waals surface area contributed by atoms with Crippen LogP contribution in [0.1, 0.15) is 21.6 Å². The Bertz CT molecular complexity index is 1070. The van der Waals surface area contributed by atoms with Crippen LogP contribution in [0.25, 0.3) is 5.78 Å². The first-order valence-corrected chi connectivity index (χ1v) is 8.71. The van der Waals surface area contributed by atoms with Crippen LogP contribution in [0.2, 0.25) is 0 Å². The minimum Gasteiger partial charge on any atom is -0.465 e. The summed E-state index contributed by atoms with van der Waals surface area (Å²) in [4.78, 5) is 19.9. The second kappa shape index (κ2) is 6.13. The van der Waals surface area contributed by atoms with Gasteiger partial charge in [-0.3, -0.25) is 4.72 Å². The van der Waals surface area contributed by atoms with Crippen molar-refractivity contribution in [3.63, 3.8) is 0 Å². The van der Waals surface area contributed by atoms with Crippen molar-refractivity contribution in [2.24, 2.45) is 0 Å². The molecule has 0 atom stereocenters. The number of hydrogen-bond donors (Lipinski definition) is 1. The summed E-state index contributed by atoms with van der Waals surface area (Å²) in [6.07, 6.45) is 1.57. The number of para-hydroxylation sites is 1. The summed E-state index contributed by atoms with van der Waals surface area (Å²) in [5.74, 6) is -0.486. The number of aromatic nitrogens is 4. The average Bonchev–Trinajstić information content (AvgIpc) is 3.00. The number of nitrogens with one attached hydrogen (secondary N) is 1. The Morgan fingerprint density at radius 1 is 1.20 bits per heavy atom. The highest BCUT2D eigenvalue weighted by molar-refractivity contribution is 7.92. The summed E-state index contributed by atoms with van der Waals surface area (Å²) in [6, 6.07) is 6.46. The van der Waals surface area contributed by atoms with Crippen LogP contribution in [0.3, 0.4) is 0 Å². The first-order valence-electron chi connectivity index (χ1n) is 7.22. The number of nitrogens with zero attached hydrogens (tertiary/aromatic N) is 4. The van der Waals surface area contributed by atoms with Crippen molar-refractivity contribution in [1.82, 2.24) is 19.6 Å². The molecule has 10 heteroatoms. The Hall–Kier alpha value is -3.01. The lowest BCUT2D eigenvalue weighted by Crippen LogP contribution is -2.18. The fourth-order valence-electron chi connectivity index (χ4n) is 2.22. The SMILES string of the molecule is COC(=O)c1cccc(C)c1NS(=O)(=O)c1nc2nc(C)ccn2n1. The second-order valence-corrected chi connectivity index (χ2v) is 6.88. The standard InChI is InChI=1S/C15H15N5O4S/c1-9-5-4-6-11(13(21)24-3)12(9)19-25(22,23)15-17-14-16-10(2)7-8-20(14)18-15/h4-8,19H,1-3H3. The minimum atomic E-state index is -4.12. The van der Waals surface area contributed by atoms with Crippen LogP contribution in [0, 0.1) is 13.8 Å². The fraction of sp³-hybridized carbons (Fsp3) is 0.200. The molecule has 0 saturated carbocycles. The van der Waals surface area contributed by atoms with E-state index in [4.69, 9.17) is 4.74 Å². The van der Waals surface area contributed by atoms with Gasteiger partial charge in [0.25, 0.3) is 21.0 Å². The Kier molecular flexibility index (Phi) is 4.13. The van der Waals surface area contributed by atoms with Crippen LogP contribution in [-0.2, 0) is 14.8 Å². The Labute approximate surface area is 143 Å². The smallest absolute Gasteiger partial charge is 0.340 e. The lowest BCUT2D eigenvalue weighted by molar-refractivity contribution is 0.0602. The van der Waals surface area contributed by atoms with Gasteiger partial charge < -0.3 is 4.74 Å². The molecule has 0 spiro atoms. The molecule has 0 aliphatic carbocycles. The minimum absolute atomic E-state index is 0.101. The Morgan fingerprint density at radius 2 is 1.96 bits per heavy atom. The third-order valence-corrected chi connectivity index (χ3v) is 4.61. The van der Waals surface area contributed by atoms with E-state index in [-0.39, 0.29) is 17.0 Å². The highest BCUT2D eigenvalue weighted by atomic mass is 32.2. The predicted molar refractivity (Wildman–Crippen MR) is 88.8 cm³/mol. The molecule has 1 aromatic carbocycles. The van der Waals surface area contributed by atoms with Crippen molar-refractivity contribution in [3.8, 4) is 0 Å². The summed E-state index contributed by atoms with van der Waals surface area (Å²) >= 11 is 0. The van der Waals surface area contributed by atoms with Gasteiger partial charge in [-0.1, -0.05) is 12.1 Å². The van der Waals surface area contributed by atoms with Crippen LogP contribution < -0.4 is 4.72 Å². The van der Waals surface area contributed by atoms with E-state index in [9.17, 15) is 13.2 Å². The molecule has 1 N–H and O–H groups in total. The molecular weight excluding hydrogens is 346 g/mol. The summed E-state index contributed by atoms with van der Waals surface area (Å²) in [7, 11) is -2.89. The number of benzene rings is 1. The third kappa shape index (κ3) is 3.15. The molecule has 2 aromatic heterocycles. The molecule has 0 saturated heterocycles. The summed E-state index contributed by atoms with van der Waals surface area (Å²) < 4.78 is 33.6. The van der Waals surface area contributed by atoms with Crippen LogP contribution in [0.15, 0.2) is 35.6 Å². The van der Waals surface area contributed by atoms with Crippen molar-refractivity contribution in [3.05, 3.63) is 47.3 Å². The number of aryl methyl sites for hydroxylation is 2. The lowest BCUT2D eigenvalue weighted by atomic mass is 10.1. The van der Waals surface area contributed by atoms with Crippen molar-refractivity contribution in [1.29, 1.82) is 0 Å². The van der Waals surface area contributed by atoms with Gasteiger partial charge in [0.1, 0.15) is 0 Å². The number of carbonyl (C=O) groups excluding carboxylic acids is 1. The number of methoxy groups -OCH3 is 1. The van der Waals surface area contributed by atoms with Crippen molar-refractivity contribution in [2.45, 2.75) is 19.0 Å². The number of anilines is 1. The fourth-order valence-corrected chi connectivity index (χ4v) is 3.25. The molecule has 9 nitrogen and oxygen atoms in total. The summed E-state index contributed by atoms with van der Waals surface area (Å²) in [5.41, 5.74) is 1.47. The van der Waals surface area contributed by atoms with Crippen LogP contribution >= 0.6 is 0 Å². The number of esters is 1. The molecule has 3 aromatic rings. The first kappa shape index (κ1) is 16.8. The molecule has 0 amide bonds. The molecule has 0 aliphatic heterocycles. The topological polar surface area (TPSA) is 116 Å². The zero-order valence-corrected chi connectivity index (χ0v) is 14.5. The average molecular weight is 361 g/mol. The normalized spacial score (nSPS) is 11.5. The molecule has 0 radical (unpaired) electrons. The molecule has 130 valence electrons. The number of sulfonamides is 1. The molecule has 0 aliphatic rings. The summed E-state index contributed by atoms with van der Waals surface area (Å²) in [6.45, 7) is 3.43. The number of rotatable bonds is 4. The maximum absolute atomic E-state index is 12.6.